The number of nitrogens with one attached hydrogen (secondary N) is 1. The monoisotopic (exact) mass is 310 g/mol. The third-order valence-electron chi connectivity index (χ3n) is 2.86. The number of esters is 1. The van der Waals surface area contributed by atoms with E-state index in [2.05, 4.69) is 15.0 Å². The van der Waals surface area contributed by atoms with E-state index in [0.29, 0.717) is 11.4 Å². The standard InChI is InChI=1S/C15H13F3N2O2/c1-9-5-11(15(16,17)18)7-12(6-9)20-13-4-3-10(8-19-13)14(21)22-2/h3-8H,1-2H3,(H,19,20). The number of carbonyl (C=O) groups is 1. The van der Waals surface area contributed by atoms with Crippen molar-refractivity contribution in [3.05, 3.63) is 53.2 Å². The van der Waals surface area contributed by atoms with Gasteiger partial charge in [0, 0.05) is 11.9 Å². The van der Waals surface area contributed by atoms with Crippen molar-refractivity contribution >= 4 is 17.5 Å². The van der Waals surface area contributed by atoms with Crippen LogP contribution in [0.3, 0.4) is 0 Å². The lowest BCUT2D eigenvalue weighted by Gasteiger charge is -2.12. The molecule has 0 aliphatic rings. The van der Waals surface area contributed by atoms with Crippen LogP contribution in [0.2, 0.25) is 0 Å². The van der Waals surface area contributed by atoms with Crippen molar-refractivity contribution < 1.29 is 22.7 Å². The van der Waals surface area contributed by atoms with Gasteiger partial charge in [-0.2, -0.15) is 13.2 Å². The van der Waals surface area contributed by atoms with Gasteiger partial charge in [-0.1, -0.05) is 0 Å². The highest BCUT2D eigenvalue weighted by atomic mass is 19.4. The Morgan fingerprint density at radius 1 is 1.23 bits per heavy atom. The zero-order valence-electron chi connectivity index (χ0n) is 11.9. The number of methoxy groups -OCH3 is 1. The summed E-state index contributed by atoms with van der Waals surface area (Å²) in [4.78, 5) is 15.2. The van der Waals surface area contributed by atoms with Crippen LogP contribution in [0.1, 0.15) is 21.5 Å². The summed E-state index contributed by atoms with van der Waals surface area (Å²) in [6.45, 7) is 1.58. The predicted octanol–water partition coefficient (Wildman–Crippen LogP) is 3.94. The molecule has 0 atom stereocenters. The topological polar surface area (TPSA) is 51.2 Å². The summed E-state index contributed by atoms with van der Waals surface area (Å²) < 4.78 is 42.9. The number of benzene rings is 1. The van der Waals surface area contributed by atoms with Gasteiger partial charge in [-0.3, -0.25) is 0 Å². The second-order valence-corrected chi connectivity index (χ2v) is 4.63. The molecule has 0 aliphatic carbocycles. The highest BCUT2D eigenvalue weighted by molar-refractivity contribution is 5.89. The Hall–Kier alpha value is -2.57. The Kier molecular flexibility index (Phi) is 4.35. The van der Waals surface area contributed by atoms with Gasteiger partial charge in [0.1, 0.15) is 5.82 Å². The molecule has 0 radical (unpaired) electrons. The molecule has 1 heterocycles. The molecule has 0 saturated heterocycles. The summed E-state index contributed by atoms with van der Waals surface area (Å²) >= 11 is 0. The van der Waals surface area contributed by atoms with Gasteiger partial charge in [0.05, 0.1) is 18.2 Å². The van der Waals surface area contributed by atoms with Gasteiger partial charge < -0.3 is 10.1 Å². The van der Waals surface area contributed by atoms with Crippen molar-refractivity contribution in [3.8, 4) is 0 Å². The van der Waals surface area contributed by atoms with E-state index in [4.69, 9.17) is 0 Å². The number of rotatable bonds is 3. The molecule has 2 aromatic rings. The Labute approximate surface area is 124 Å². The van der Waals surface area contributed by atoms with Crippen LogP contribution in [-0.4, -0.2) is 18.1 Å². The molecule has 7 heteroatoms. The Balaban J connectivity index is 2.24. The molecule has 0 saturated carbocycles. The SMILES string of the molecule is COC(=O)c1ccc(Nc2cc(C)cc(C(F)(F)F)c2)nc1. The van der Waals surface area contributed by atoms with E-state index in [1.807, 2.05) is 0 Å². The smallest absolute Gasteiger partial charge is 0.416 e. The maximum Gasteiger partial charge on any atom is 0.416 e. The zero-order chi connectivity index (χ0) is 16.3. The lowest BCUT2D eigenvalue weighted by Crippen LogP contribution is -2.06. The first-order valence-electron chi connectivity index (χ1n) is 6.30. The highest BCUT2D eigenvalue weighted by Gasteiger charge is 2.30. The van der Waals surface area contributed by atoms with E-state index in [1.54, 1.807) is 13.0 Å². The number of hydrogen-bond donors (Lipinski definition) is 1. The van der Waals surface area contributed by atoms with Crippen molar-refractivity contribution in [1.29, 1.82) is 0 Å². The highest BCUT2D eigenvalue weighted by Crippen LogP contribution is 2.32. The van der Waals surface area contributed by atoms with E-state index in [9.17, 15) is 18.0 Å². The molecule has 22 heavy (non-hydrogen) atoms. The molecule has 0 aliphatic heterocycles. The third kappa shape index (κ3) is 3.75. The predicted molar refractivity (Wildman–Crippen MR) is 75.0 cm³/mol. The van der Waals surface area contributed by atoms with Gasteiger partial charge in [-0.05, 0) is 42.8 Å². The lowest BCUT2D eigenvalue weighted by atomic mass is 10.1. The number of nitrogens with zero attached hydrogens (tertiary/aromatic N) is 1. The number of carbonyl (C=O) groups excluding carboxylic acids is 1. The van der Waals surface area contributed by atoms with Crippen LogP contribution in [0.25, 0.3) is 0 Å². The van der Waals surface area contributed by atoms with Crippen LogP contribution in [-0.2, 0) is 10.9 Å². The molecule has 0 fully saturated rings. The number of alkyl halides is 3. The van der Waals surface area contributed by atoms with Crippen LogP contribution in [0, 0.1) is 6.92 Å². The molecule has 1 N–H and O–H groups in total. The molecule has 2 rings (SSSR count). The van der Waals surface area contributed by atoms with E-state index in [-0.39, 0.29) is 11.3 Å². The first-order valence-corrected chi connectivity index (χ1v) is 6.30. The molecule has 1 aromatic heterocycles. The van der Waals surface area contributed by atoms with Crippen LogP contribution in [0.4, 0.5) is 24.7 Å². The number of pyridine rings is 1. The molecule has 0 unspecified atom stereocenters. The number of aryl methyl sites for hydroxylation is 1. The van der Waals surface area contributed by atoms with E-state index in [1.165, 1.54) is 25.4 Å². The normalized spacial score (nSPS) is 11.1. The van der Waals surface area contributed by atoms with Gasteiger partial charge in [0.2, 0.25) is 0 Å². The van der Waals surface area contributed by atoms with E-state index in [0.717, 1.165) is 12.1 Å². The molecular formula is C15H13F3N2O2. The summed E-state index contributed by atoms with van der Waals surface area (Å²) in [6, 6.07) is 6.61. The number of anilines is 2. The van der Waals surface area contributed by atoms with Crippen LogP contribution >= 0.6 is 0 Å². The van der Waals surface area contributed by atoms with Gasteiger partial charge in [-0.25, -0.2) is 9.78 Å². The molecule has 116 valence electrons. The largest absolute Gasteiger partial charge is 0.465 e. The van der Waals surface area contributed by atoms with Gasteiger partial charge in [0.25, 0.3) is 0 Å². The van der Waals surface area contributed by atoms with Crippen molar-refractivity contribution in [2.75, 3.05) is 12.4 Å². The van der Waals surface area contributed by atoms with Crippen LogP contribution < -0.4 is 5.32 Å². The van der Waals surface area contributed by atoms with Crippen LogP contribution in [0.5, 0.6) is 0 Å². The zero-order valence-corrected chi connectivity index (χ0v) is 11.9. The lowest BCUT2D eigenvalue weighted by molar-refractivity contribution is -0.137. The molecule has 4 nitrogen and oxygen atoms in total. The maximum atomic E-state index is 12.8. The summed E-state index contributed by atoms with van der Waals surface area (Å²) in [5, 5.41) is 2.78. The number of hydrogen-bond acceptors (Lipinski definition) is 4. The Bertz CT molecular complexity index is 682. The quantitative estimate of drug-likeness (QED) is 0.873. The first-order chi connectivity index (χ1) is 10.3. The van der Waals surface area contributed by atoms with E-state index < -0.39 is 17.7 Å². The van der Waals surface area contributed by atoms with Gasteiger partial charge in [-0.15, -0.1) is 0 Å². The summed E-state index contributed by atoms with van der Waals surface area (Å²) in [7, 11) is 1.25. The van der Waals surface area contributed by atoms with E-state index >= 15 is 0 Å². The summed E-state index contributed by atoms with van der Waals surface area (Å²) in [5.41, 5.74) is 0.267. The number of ether oxygens (including phenoxy) is 1. The Morgan fingerprint density at radius 3 is 2.50 bits per heavy atom. The average Bonchev–Trinajstić information content (AvgIpc) is 2.45. The fraction of sp³-hybridized carbons (Fsp3) is 0.200. The fourth-order valence-corrected chi connectivity index (χ4v) is 1.87. The number of aromatic nitrogens is 1. The second-order valence-electron chi connectivity index (χ2n) is 4.63. The van der Waals surface area contributed by atoms with Gasteiger partial charge in [0.15, 0.2) is 0 Å². The first kappa shape index (κ1) is 15.8. The fourth-order valence-electron chi connectivity index (χ4n) is 1.87. The van der Waals surface area contributed by atoms with Crippen molar-refractivity contribution in [1.82, 2.24) is 4.98 Å². The average molecular weight is 310 g/mol. The van der Waals surface area contributed by atoms with Gasteiger partial charge >= 0.3 is 12.1 Å². The minimum Gasteiger partial charge on any atom is -0.465 e. The van der Waals surface area contributed by atoms with Crippen molar-refractivity contribution in [2.24, 2.45) is 0 Å². The second kappa shape index (κ2) is 6.05. The minimum absolute atomic E-state index is 0.258. The van der Waals surface area contributed by atoms with Crippen LogP contribution in [0.15, 0.2) is 36.5 Å². The minimum atomic E-state index is -4.41. The maximum absolute atomic E-state index is 12.8. The van der Waals surface area contributed by atoms with Crippen molar-refractivity contribution in [3.63, 3.8) is 0 Å². The summed E-state index contributed by atoms with van der Waals surface area (Å²) in [5.74, 6) is -0.208. The van der Waals surface area contributed by atoms with Crippen molar-refractivity contribution in [2.45, 2.75) is 13.1 Å². The molecule has 0 bridgehead atoms. The third-order valence-corrected chi connectivity index (χ3v) is 2.86. The molecular weight excluding hydrogens is 297 g/mol. The molecule has 1 aromatic carbocycles. The molecule has 0 spiro atoms. The Morgan fingerprint density at radius 2 is 1.95 bits per heavy atom. The number of halogens is 3. The molecule has 0 amide bonds. The summed E-state index contributed by atoms with van der Waals surface area (Å²) in [6.07, 6.45) is -3.13.